The molecule has 0 aliphatic heterocycles. The lowest BCUT2D eigenvalue weighted by molar-refractivity contribution is -0.128. The lowest BCUT2D eigenvalue weighted by Gasteiger charge is -2.06. The summed E-state index contributed by atoms with van der Waals surface area (Å²) in [6.07, 6.45) is -4.02. The van der Waals surface area contributed by atoms with Gasteiger partial charge in [-0.3, -0.25) is 0 Å². The summed E-state index contributed by atoms with van der Waals surface area (Å²) in [5.74, 6) is -0.265. The summed E-state index contributed by atoms with van der Waals surface area (Å²) in [5.41, 5.74) is 0.553. The zero-order chi connectivity index (χ0) is 11.5. The molecule has 0 aliphatic rings. The van der Waals surface area contributed by atoms with Crippen LogP contribution in [0.1, 0.15) is 24.9 Å². The number of alkyl halides is 3. The van der Waals surface area contributed by atoms with Gasteiger partial charge in [-0.15, -0.1) is 0 Å². The van der Waals surface area contributed by atoms with Gasteiger partial charge in [-0.2, -0.15) is 13.2 Å². The molecule has 0 fully saturated rings. The first-order chi connectivity index (χ1) is 6.90. The van der Waals surface area contributed by atoms with Crippen LogP contribution < -0.4 is 0 Å². The molecular formula is C9H10ClF3N2. The van der Waals surface area contributed by atoms with Crippen molar-refractivity contribution in [3.8, 4) is 0 Å². The molecular weight excluding hydrogens is 229 g/mol. The van der Waals surface area contributed by atoms with Gasteiger partial charge >= 0.3 is 6.18 Å². The van der Waals surface area contributed by atoms with Crippen molar-refractivity contribution >= 4 is 11.6 Å². The van der Waals surface area contributed by atoms with Crippen LogP contribution in [0.15, 0.2) is 6.07 Å². The first-order valence-electron chi connectivity index (χ1n) is 4.50. The highest BCUT2D eigenvalue weighted by Crippen LogP contribution is 2.20. The van der Waals surface area contributed by atoms with Crippen LogP contribution in [0.25, 0.3) is 0 Å². The molecule has 0 saturated heterocycles. The number of rotatable bonds is 3. The molecule has 0 saturated carbocycles. The molecule has 6 heteroatoms. The van der Waals surface area contributed by atoms with Gasteiger partial charge in [0.2, 0.25) is 0 Å². The van der Waals surface area contributed by atoms with E-state index in [9.17, 15) is 13.2 Å². The highest BCUT2D eigenvalue weighted by Gasteiger charge is 2.29. The summed E-state index contributed by atoms with van der Waals surface area (Å²) in [6.45, 7) is 1.92. The summed E-state index contributed by atoms with van der Waals surface area (Å²) < 4.78 is 36.2. The Morgan fingerprint density at radius 2 is 2.00 bits per heavy atom. The molecule has 0 amide bonds. The van der Waals surface area contributed by atoms with E-state index in [4.69, 9.17) is 11.6 Å². The van der Waals surface area contributed by atoms with Crippen LogP contribution in [0, 0.1) is 0 Å². The van der Waals surface area contributed by atoms with Crippen LogP contribution in [0.2, 0.25) is 5.15 Å². The number of hydrogen-bond donors (Lipinski definition) is 0. The van der Waals surface area contributed by atoms with Crippen LogP contribution >= 0.6 is 11.6 Å². The molecule has 0 atom stereocenters. The van der Waals surface area contributed by atoms with Crippen molar-refractivity contribution in [3.63, 3.8) is 0 Å². The predicted molar refractivity (Wildman–Crippen MR) is 50.8 cm³/mol. The van der Waals surface area contributed by atoms with E-state index < -0.39 is 12.6 Å². The van der Waals surface area contributed by atoms with Gasteiger partial charge < -0.3 is 0 Å². The quantitative estimate of drug-likeness (QED) is 0.756. The molecule has 1 heterocycles. The molecule has 0 unspecified atom stereocenters. The molecule has 0 aliphatic carbocycles. The van der Waals surface area contributed by atoms with E-state index in [0.29, 0.717) is 12.1 Å². The lowest BCUT2D eigenvalue weighted by Crippen LogP contribution is -2.15. The minimum absolute atomic E-state index is 0.0627. The Balaban J connectivity index is 2.88. The summed E-state index contributed by atoms with van der Waals surface area (Å²) in [5, 5.41) is 0.0627. The maximum Gasteiger partial charge on any atom is 0.396 e. The fourth-order valence-corrected chi connectivity index (χ4v) is 1.38. The molecule has 84 valence electrons. The lowest BCUT2D eigenvalue weighted by atomic mass is 10.2. The van der Waals surface area contributed by atoms with Gasteiger partial charge in [0.15, 0.2) is 0 Å². The van der Waals surface area contributed by atoms with E-state index >= 15 is 0 Å². The van der Waals surface area contributed by atoms with Gasteiger partial charge in [-0.05, 0) is 12.5 Å². The third kappa shape index (κ3) is 4.46. The zero-order valence-corrected chi connectivity index (χ0v) is 8.86. The Hall–Kier alpha value is -0.840. The normalized spacial score (nSPS) is 11.8. The summed E-state index contributed by atoms with van der Waals surface area (Å²) in [7, 11) is 0. The second-order valence-corrected chi connectivity index (χ2v) is 3.53. The molecule has 0 spiro atoms. The van der Waals surface area contributed by atoms with Gasteiger partial charge in [0.05, 0.1) is 0 Å². The van der Waals surface area contributed by atoms with Crippen LogP contribution in [-0.2, 0) is 12.8 Å². The van der Waals surface area contributed by atoms with Crippen LogP contribution in [0.5, 0.6) is 0 Å². The third-order valence-corrected chi connectivity index (χ3v) is 1.85. The molecule has 2 nitrogen and oxygen atoms in total. The topological polar surface area (TPSA) is 25.8 Å². The fourth-order valence-electron chi connectivity index (χ4n) is 1.16. The second-order valence-electron chi connectivity index (χ2n) is 3.14. The monoisotopic (exact) mass is 238 g/mol. The Morgan fingerprint density at radius 1 is 1.33 bits per heavy atom. The van der Waals surface area contributed by atoms with E-state index in [0.717, 1.165) is 6.42 Å². The van der Waals surface area contributed by atoms with Crippen LogP contribution in [0.3, 0.4) is 0 Å². The number of nitrogens with zero attached hydrogens (tertiary/aromatic N) is 2. The largest absolute Gasteiger partial charge is 0.396 e. The maximum atomic E-state index is 12.1. The average molecular weight is 239 g/mol. The minimum Gasteiger partial charge on any atom is -0.237 e. The standard InChI is InChI=1S/C9H10ClF3N2/c1-2-3-6-4-7(10)15-8(14-6)5-9(11,12)13/h4H,2-3,5H2,1H3. The first-order valence-corrected chi connectivity index (χ1v) is 4.87. The van der Waals surface area contributed by atoms with Gasteiger partial charge in [-0.25, -0.2) is 9.97 Å². The van der Waals surface area contributed by atoms with Crippen molar-refractivity contribution in [1.82, 2.24) is 9.97 Å². The molecule has 0 N–H and O–H groups in total. The second kappa shape index (κ2) is 4.79. The van der Waals surface area contributed by atoms with Gasteiger partial charge in [0, 0.05) is 5.69 Å². The van der Waals surface area contributed by atoms with E-state index in [1.807, 2.05) is 6.92 Å². The fraction of sp³-hybridized carbons (Fsp3) is 0.556. The molecule has 15 heavy (non-hydrogen) atoms. The Kier molecular flexibility index (Phi) is 3.90. The molecule has 1 aromatic rings. The van der Waals surface area contributed by atoms with Crippen LogP contribution in [-0.4, -0.2) is 16.1 Å². The highest BCUT2D eigenvalue weighted by molar-refractivity contribution is 6.29. The number of aryl methyl sites for hydroxylation is 1. The third-order valence-electron chi connectivity index (χ3n) is 1.66. The van der Waals surface area contributed by atoms with Crippen molar-refractivity contribution in [2.45, 2.75) is 32.4 Å². The summed E-state index contributed by atoms with van der Waals surface area (Å²) >= 11 is 5.60. The Labute approximate surface area is 90.5 Å². The smallest absolute Gasteiger partial charge is 0.237 e. The molecule has 1 aromatic heterocycles. The maximum absolute atomic E-state index is 12.1. The van der Waals surface area contributed by atoms with E-state index in [1.165, 1.54) is 6.07 Å². The average Bonchev–Trinajstić information content (AvgIpc) is 1.99. The van der Waals surface area contributed by atoms with Crippen molar-refractivity contribution in [3.05, 3.63) is 22.7 Å². The van der Waals surface area contributed by atoms with E-state index in [1.54, 1.807) is 0 Å². The minimum atomic E-state index is -4.30. The molecule has 0 bridgehead atoms. The Bertz CT molecular complexity index is 339. The van der Waals surface area contributed by atoms with Crippen molar-refractivity contribution < 1.29 is 13.2 Å². The van der Waals surface area contributed by atoms with E-state index in [-0.39, 0.29) is 11.0 Å². The SMILES string of the molecule is CCCc1cc(Cl)nc(CC(F)(F)F)n1. The molecule has 0 radical (unpaired) electrons. The van der Waals surface area contributed by atoms with Crippen molar-refractivity contribution in [2.75, 3.05) is 0 Å². The van der Waals surface area contributed by atoms with Crippen LogP contribution in [0.4, 0.5) is 13.2 Å². The molecule has 1 rings (SSSR count). The van der Waals surface area contributed by atoms with E-state index in [2.05, 4.69) is 9.97 Å². The summed E-state index contributed by atoms with van der Waals surface area (Å²) in [6, 6.07) is 1.49. The summed E-state index contributed by atoms with van der Waals surface area (Å²) in [4.78, 5) is 7.33. The number of hydrogen-bond acceptors (Lipinski definition) is 2. The number of halogens is 4. The molecule has 0 aromatic carbocycles. The Morgan fingerprint density at radius 3 is 2.53 bits per heavy atom. The van der Waals surface area contributed by atoms with Crippen molar-refractivity contribution in [2.24, 2.45) is 0 Å². The van der Waals surface area contributed by atoms with Gasteiger partial charge in [0.25, 0.3) is 0 Å². The van der Waals surface area contributed by atoms with Crippen molar-refractivity contribution in [1.29, 1.82) is 0 Å². The highest BCUT2D eigenvalue weighted by atomic mass is 35.5. The number of aromatic nitrogens is 2. The first kappa shape index (κ1) is 12.2. The predicted octanol–water partition coefficient (Wildman–Crippen LogP) is 3.19. The zero-order valence-electron chi connectivity index (χ0n) is 8.10. The van der Waals surface area contributed by atoms with Gasteiger partial charge in [-0.1, -0.05) is 24.9 Å². The van der Waals surface area contributed by atoms with Gasteiger partial charge in [0.1, 0.15) is 17.4 Å².